The Labute approximate surface area is 127 Å². The average Bonchev–Trinajstić information content (AvgIpc) is 2.49. The van der Waals surface area contributed by atoms with Crippen LogP contribution in [-0.4, -0.2) is 54.2 Å². The first-order valence-electron chi connectivity index (χ1n) is 7.86. The van der Waals surface area contributed by atoms with Crippen LogP contribution in [-0.2, 0) is 0 Å². The van der Waals surface area contributed by atoms with E-state index in [0.717, 1.165) is 24.7 Å². The van der Waals surface area contributed by atoms with E-state index in [-0.39, 0.29) is 0 Å². The minimum Gasteiger partial charge on any atom is -0.490 e. The summed E-state index contributed by atoms with van der Waals surface area (Å²) in [6.07, 6.45) is 5.56. The highest BCUT2D eigenvalue weighted by atomic mass is 16.5. The van der Waals surface area contributed by atoms with E-state index in [2.05, 4.69) is 32.4 Å². The van der Waals surface area contributed by atoms with E-state index in [1.165, 1.54) is 32.4 Å². The molecule has 0 spiro atoms. The first-order chi connectivity index (χ1) is 10.2. The first kappa shape index (κ1) is 15.8. The average molecular weight is 293 g/mol. The van der Waals surface area contributed by atoms with E-state index < -0.39 is 0 Å². The molecule has 21 heavy (non-hydrogen) atoms. The van der Waals surface area contributed by atoms with Crippen LogP contribution < -0.4 is 15.4 Å². The summed E-state index contributed by atoms with van der Waals surface area (Å²) in [6, 6.07) is 0.321. The van der Waals surface area contributed by atoms with Gasteiger partial charge in [-0.05, 0) is 39.8 Å². The van der Waals surface area contributed by atoms with E-state index in [1.54, 1.807) is 13.4 Å². The Morgan fingerprint density at radius 2 is 1.95 bits per heavy atom. The molecular weight excluding hydrogens is 266 g/mol. The molecule has 1 aliphatic heterocycles. The minimum atomic E-state index is 0.321. The lowest BCUT2D eigenvalue weighted by Gasteiger charge is -2.29. The van der Waals surface area contributed by atoms with Crippen LogP contribution in [0.1, 0.15) is 33.1 Å². The molecule has 1 aromatic heterocycles. The molecule has 0 saturated carbocycles. The maximum Gasteiger partial charge on any atom is 0.204 e. The Balaban J connectivity index is 1.98. The second kappa shape index (κ2) is 8.02. The van der Waals surface area contributed by atoms with Crippen molar-refractivity contribution in [3.63, 3.8) is 0 Å². The van der Waals surface area contributed by atoms with Crippen molar-refractivity contribution in [2.24, 2.45) is 0 Å². The lowest BCUT2D eigenvalue weighted by atomic mass is 10.1. The number of likely N-dealkylation sites (tertiary alicyclic amines) is 1. The van der Waals surface area contributed by atoms with Gasteiger partial charge in [-0.2, -0.15) is 0 Å². The second-order valence-corrected chi connectivity index (χ2v) is 5.54. The van der Waals surface area contributed by atoms with Crippen LogP contribution in [0.3, 0.4) is 0 Å². The fourth-order valence-corrected chi connectivity index (χ4v) is 2.77. The van der Waals surface area contributed by atoms with Gasteiger partial charge < -0.3 is 20.3 Å². The van der Waals surface area contributed by atoms with Gasteiger partial charge >= 0.3 is 0 Å². The summed E-state index contributed by atoms with van der Waals surface area (Å²) in [5, 5.41) is 6.65. The van der Waals surface area contributed by atoms with E-state index in [1.807, 2.05) is 6.92 Å². The zero-order valence-electron chi connectivity index (χ0n) is 13.4. The molecule has 6 nitrogen and oxygen atoms in total. The summed E-state index contributed by atoms with van der Waals surface area (Å²) in [6.45, 7) is 8.46. The highest BCUT2D eigenvalue weighted by molar-refractivity contribution is 5.63. The molecule has 1 fully saturated rings. The smallest absolute Gasteiger partial charge is 0.204 e. The molecule has 1 aromatic rings. The van der Waals surface area contributed by atoms with Gasteiger partial charge in [0, 0.05) is 19.1 Å². The maximum atomic E-state index is 5.46. The number of nitrogens with zero attached hydrogens (tertiary/aromatic N) is 3. The van der Waals surface area contributed by atoms with Gasteiger partial charge in [0.1, 0.15) is 6.33 Å². The van der Waals surface area contributed by atoms with Crippen LogP contribution in [0.4, 0.5) is 11.6 Å². The zero-order chi connectivity index (χ0) is 15.1. The number of rotatable bonds is 7. The van der Waals surface area contributed by atoms with Crippen molar-refractivity contribution in [1.82, 2.24) is 14.9 Å². The van der Waals surface area contributed by atoms with Gasteiger partial charge in [0.15, 0.2) is 11.6 Å². The van der Waals surface area contributed by atoms with Crippen molar-refractivity contribution in [3.8, 4) is 5.75 Å². The highest BCUT2D eigenvalue weighted by Gasteiger charge is 2.17. The summed E-state index contributed by atoms with van der Waals surface area (Å²) in [7, 11) is 1.65. The van der Waals surface area contributed by atoms with Gasteiger partial charge in [-0.15, -0.1) is 0 Å². The molecule has 0 bridgehead atoms. The lowest BCUT2D eigenvalue weighted by Crippen LogP contribution is -2.38. The number of piperidine rings is 1. The van der Waals surface area contributed by atoms with Gasteiger partial charge in [-0.1, -0.05) is 6.42 Å². The molecule has 1 saturated heterocycles. The van der Waals surface area contributed by atoms with Gasteiger partial charge in [-0.25, -0.2) is 9.97 Å². The summed E-state index contributed by atoms with van der Waals surface area (Å²) in [4.78, 5) is 11.1. The summed E-state index contributed by atoms with van der Waals surface area (Å²) in [5.41, 5.74) is 0. The first-order valence-corrected chi connectivity index (χ1v) is 7.86. The molecule has 2 N–H and O–H groups in total. The summed E-state index contributed by atoms with van der Waals surface area (Å²) in [5.74, 6) is 2.18. The van der Waals surface area contributed by atoms with Crippen LogP contribution >= 0.6 is 0 Å². The second-order valence-electron chi connectivity index (χ2n) is 5.54. The number of aromatic nitrogens is 2. The molecular formula is C15H27N5O. The highest BCUT2D eigenvalue weighted by Crippen LogP contribution is 2.29. The quantitative estimate of drug-likeness (QED) is 0.803. The van der Waals surface area contributed by atoms with E-state index >= 15 is 0 Å². The van der Waals surface area contributed by atoms with Crippen LogP contribution in [0.15, 0.2) is 6.33 Å². The summed E-state index contributed by atoms with van der Waals surface area (Å²) >= 11 is 0. The van der Waals surface area contributed by atoms with Crippen LogP contribution in [0.5, 0.6) is 5.75 Å². The molecule has 2 heterocycles. The molecule has 118 valence electrons. The van der Waals surface area contributed by atoms with E-state index in [9.17, 15) is 0 Å². The summed E-state index contributed by atoms with van der Waals surface area (Å²) < 4.78 is 5.46. The van der Waals surface area contributed by atoms with Crippen molar-refractivity contribution in [2.45, 2.75) is 39.2 Å². The van der Waals surface area contributed by atoms with Crippen molar-refractivity contribution in [3.05, 3.63) is 6.33 Å². The molecule has 0 aromatic carbocycles. The fourth-order valence-electron chi connectivity index (χ4n) is 2.77. The van der Waals surface area contributed by atoms with Crippen molar-refractivity contribution in [1.29, 1.82) is 0 Å². The van der Waals surface area contributed by atoms with Gasteiger partial charge in [-0.3, -0.25) is 0 Å². The monoisotopic (exact) mass is 293 g/mol. The number of anilines is 2. The molecule has 6 heteroatoms. The topological polar surface area (TPSA) is 62.3 Å². The van der Waals surface area contributed by atoms with E-state index in [0.29, 0.717) is 11.8 Å². The van der Waals surface area contributed by atoms with Crippen LogP contribution in [0.25, 0.3) is 0 Å². The van der Waals surface area contributed by atoms with Crippen molar-refractivity contribution >= 4 is 11.6 Å². The number of methoxy groups -OCH3 is 1. The van der Waals surface area contributed by atoms with Gasteiger partial charge in [0.05, 0.1) is 7.11 Å². The van der Waals surface area contributed by atoms with Crippen LogP contribution in [0, 0.1) is 0 Å². The van der Waals surface area contributed by atoms with Gasteiger partial charge in [0.2, 0.25) is 5.75 Å². The fraction of sp³-hybridized carbons (Fsp3) is 0.733. The Kier molecular flexibility index (Phi) is 6.04. The SMILES string of the molecule is CCNc1ncnc(NC(C)CN2CCCCC2)c1OC. The Bertz CT molecular complexity index is 434. The molecule has 1 aliphatic rings. The van der Waals surface area contributed by atoms with Gasteiger partial charge in [0.25, 0.3) is 0 Å². The Morgan fingerprint density at radius 3 is 2.62 bits per heavy atom. The standard InChI is InChI=1S/C15H27N5O/c1-4-16-14-13(21-3)15(18-11-17-14)19-12(2)10-20-8-6-5-7-9-20/h11-12H,4-10H2,1-3H3,(H2,16,17,18,19). The number of hydrogen-bond donors (Lipinski definition) is 2. The van der Waals surface area contributed by atoms with Crippen molar-refractivity contribution in [2.75, 3.05) is 43.9 Å². The molecule has 0 aliphatic carbocycles. The molecule has 0 radical (unpaired) electrons. The third-order valence-corrected chi connectivity index (χ3v) is 3.72. The molecule has 1 atom stereocenters. The number of ether oxygens (including phenoxy) is 1. The zero-order valence-corrected chi connectivity index (χ0v) is 13.4. The molecule has 0 amide bonds. The number of hydrogen-bond acceptors (Lipinski definition) is 6. The predicted molar refractivity (Wildman–Crippen MR) is 86.1 cm³/mol. The molecule has 1 unspecified atom stereocenters. The molecule has 2 rings (SSSR count). The lowest BCUT2D eigenvalue weighted by molar-refractivity contribution is 0.223. The normalized spacial score (nSPS) is 17.3. The third-order valence-electron chi connectivity index (χ3n) is 3.72. The van der Waals surface area contributed by atoms with Crippen molar-refractivity contribution < 1.29 is 4.74 Å². The number of nitrogens with one attached hydrogen (secondary N) is 2. The van der Waals surface area contributed by atoms with E-state index in [4.69, 9.17) is 4.74 Å². The Hall–Kier alpha value is -1.56. The minimum absolute atomic E-state index is 0.321. The third kappa shape index (κ3) is 4.46. The Morgan fingerprint density at radius 1 is 1.24 bits per heavy atom. The predicted octanol–water partition coefficient (Wildman–Crippen LogP) is 2.20. The largest absolute Gasteiger partial charge is 0.490 e. The maximum absolute atomic E-state index is 5.46. The van der Waals surface area contributed by atoms with Crippen LogP contribution in [0.2, 0.25) is 0 Å².